The monoisotopic (exact) mass is 349 g/mol. The van der Waals surface area contributed by atoms with E-state index in [0.29, 0.717) is 14.9 Å². The van der Waals surface area contributed by atoms with Gasteiger partial charge in [-0.25, -0.2) is 0 Å². The average Bonchev–Trinajstić information content (AvgIpc) is 1.27. The molecule has 0 saturated heterocycles. The maximum Gasteiger partial charge on any atom is -0.358 e. The van der Waals surface area contributed by atoms with Crippen LogP contribution in [0.1, 0.15) is 0 Å². The van der Waals surface area contributed by atoms with E-state index in [9.17, 15) is 0 Å². The van der Waals surface area contributed by atoms with E-state index in [4.69, 9.17) is 0 Å². The first-order valence-corrected chi connectivity index (χ1v) is 11.2. The molecule has 0 aliphatic rings. The molecule has 0 nitrogen and oxygen atoms in total. The molecule has 0 aromatic heterocycles. The van der Waals surface area contributed by atoms with Gasteiger partial charge in [-0.1, -0.05) is 0 Å². The zero-order valence-electron chi connectivity index (χ0n) is 7.13. The van der Waals surface area contributed by atoms with E-state index < -0.39 is 0 Å². The molecular weight excluding hydrogens is 331 g/mol. The topological polar surface area (TPSA) is 0 Å². The number of hydrogen-bond acceptors (Lipinski definition) is 0. The fraction of sp³-hybridized carbons (Fsp3) is 0.667. The van der Waals surface area contributed by atoms with Gasteiger partial charge in [0, 0.05) is 0 Å². The summed E-state index contributed by atoms with van der Waals surface area (Å²) in [7, 11) is 1.56. The second kappa shape index (κ2) is 9.39. The molecule has 0 heterocycles. The normalized spacial score (nSPS) is 9.11. The van der Waals surface area contributed by atoms with Gasteiger partial charge in [0.1, 0.15) is 0 Å². The molecule has 9 heavy (non-hydrogen) atoms. The van der Waals surface area contributed by atoms with Gasteiger partial charge in [0.05, 0.1) is 0 Å². The van der Waals surface area contributed by atoms with Crippen molar-refractivity contribution in [1.82, 2.24) is 0 Å². The summed E-state index contributed by atoms with van der Waals surface area (Å²) < 4.78 is 0. The molecule has 0 aliphatic carbocycles. The SMILES string of the molecule is C[S](C)=[Pt]=[S](C)C.[CH3-].[CH3-]. The van der Waals surface area contributed by atoms with Gasteiger partial charge in [-0.15, -0.1) is 0 Å². The summed E-state index contributed by atoms with van der Waals surface area (Å²) in [6, 6.07) is 0. The van der Waals surface area contributed by atoms with Crippen LogP contribution in [0.4, 0.5) is 0 Å². The Hall–Kier alpha value is 1.39. The Kier molecular flexibility index (Phi) is 17.5. The quantitative estimate of drug-likeness (QED) is 0.590. The summed E-state index contributed by atoms with van der Waals surface area (Å²) in [5.74, 6) is 0. The zero-order valence-corrected chi connectivity index (χ0v) is 11.0. The summed E-state index contributed by atoms with van der Waals surface area (Å²) >= 11 is 0.552. The first-order chi connectivity index (χ1) is 3.13. The Morgan fingerprint density at radius 3 is 1.00 bits per heavy atom. The van der Waals surface area contributed by atoms with Crippen molar-refractivity contribution in [3.8, 4) is 0 Å². The molecule has 0 aliphatic heterocycles. The molecule has 0 aromatic rings. The van der Waals surface area contributed by atoms with Crippen LogP contribution in [0.2, 0.25) is 0 Å². The van der Waals surface area contributed by atoms with Crippen LogP contribution < -0.4 is 0 Å². The molecule has 3 heteroatoms. The first kappa shape index (κ1) is 16.8. The van der Waals surface area contributed by atoms with Gasteiger partial charge in [-0.05, 0) is 0 Å². The van der Waals surface area contributed by atoms with Gasteiger partial charge in [0.25, 0.3) is 0 Å². The summed E-state index contributed by atoms with van der Waals surface area (Å²) in [5, 5.41) is 0. The summed E-state index contributed by atoms with van der Waals surface area (Å²) in [6.07, 6.45) is 9.39. The predicted octanol–water partition coefficient (Wildman–Crippen LogP) is 2.86. The van der Waals surface area contributed by atoms with Crippen molar-refractivity contribution >= 4 is 16.2 Å². The van der Waals surface area contributed by atoms with E-state index in [-0.39, 0.29) is 14.9 Å². The summed E-state index contributed by atoms with van der Waals surface area (Å²) in [5.41, 5.74) is 0. The third kappa shape index (κ3) is 17.7. The molecule has 0 unspecified atom stereocenters. The van der Waals surface area contributed by atoms with Gasteiger partial charge < -0.3 is 14.9 Å². The van der Waals surface area contributed by atoms with Crippen LogP contribution in [0.3, 0.4) is 0 Å². The summed E-state index contributed by atoms with van der Waals surface area (Å²) in [4.78, 5) is 0. The van der Waals surface area contributed by atoms with Crippen molar-refractivity contribution in [3.05, 3.63) is 14.9 Å². The molecule has 0 atom stereocenters. The Labute approximate surface area is 70.7 Å². The third-order valence-electron chi connectivity index (χ3n) is 0.211. The second-order valence-corrected chi connectivity index (χ2v) is 19.0. The molecule has 0 amide bonds. The van der Waals surface area contributed by atoms with Gasteiger partial charge >= 0.3 is 56.1 Å². The van der Waals surface area contributed by atoms with E-state index in [1.807, 2.05) is 0 Å². The van der Waals surface area contributed by atoms with Gasteiger partial charge in [-0.2, -0.15) is 0 Å². The van der Waals surface area contributed by atoms with Crippen LogP contribution in [0.25, 0.3) is 0 Å². The molecule has 66 valence electrons. The van der Waals surface area contributed by atoms with Crippen molar-refractivity contribution in [1.29, 1.82) is 0 Å². The van der Waals surface area contributed by atoms with Crippen molar-refractivity contribution in [2.24, 2.45) is 0 Å². The largest absolute Gasteiger partial charge is 0.358 e. The minimum atomic E-state index is 0. The third-order valence-corrected chi connectivity index (χ3v) is 15.5. The molecule has 0 spiro atoms. The van der Waals surface area contributed by atoms with Crippen molar-refractivity contribution < 1.29 is 14.9 Å². The standard InChI is InChI=1S/2C2H6S.2CH3.Pt/c2*1-3-2;;;/h2*1-2H3;2*1H3;/q;;2*-1;. The predicted molar refractivity (Wildman–Crippen MR) is 51.7 cm³/mol. The Morgan fingerprint density at radius 2 is 1.00 bits per heavy atom. The average molecular weight is 349 g/mol. The zero-order chi connectivity index (χ0) is 5.86. The molecule has 0 fully saturated rings. The van der Waals surface area contributed by atoms with E-state index in [0.717, 1.165) is 16.2 Å². The molecule has 0 bridgehead atoms. The molecule has 0 rings (SSSR count). The number of hydrogen-bond donors (Lipinski definition) is 0. The van der Waals surface area contributed by atoms with E-state index in [1.54, 1.807) is 0 Å². The summed E-state index contributed by atoms with van der Waals surface area (Å²) in [6.45, 7) is 0. The van der Waals surface area contributed by atoms with Crippen LogP contribution >= 0.6 is 16.2 Å². The Bertz CT molecular complexity index is 103. The van der Waals surface area contributed by atoms with Gasteiger partial charge in [-0.3, -0.25) is 0 Å². The molecule has 0 radical (unpaired) electrons. The van der Waals surface area contributed by atoms with Crippen molar-refractivity contribution in [2.75, 3.05) is 25.0 Å². The fourth-order valence-corrected chi connectivity index (χ4v) is 15.5. The fourth-order valence-electron chi connectivity index (χ4n) is 0.211. The van der Waals surface area contributed by atoms with Crippen LogP contribution in [-0.2, 0) is 14.9 Å². The van der Waals surface area contributed by atoms with Crippen LogP contribution in [0.15, 0.2) is 0 Å². The van der Waals surface area contributed by atoms with Crippen molar-refractivity contribution in [2.45, 2.75) is 0 Å². The van der Waals surface area contributed by atoms with Crippen LogP contribution in [-0.4, -0.2) is 25.0 Å². The van der Waals surface area contributed by atoms with E-state index in [2.05, 4.69) is 25.0 Å². The smallest absolute Gasteiger partial charge is 0.358 e. The minimum absolute atomic E-state index is 0. The van der Waals surface area contributed by atoms with E-state index in [1.165, 1.54) is 0 Å². The van der Waals surface area contributed by atoms with Crippen molar-refractivity contribution in [3.63, 3.8) is 0 Å². The van der Waals surface area contributed by atoms with Crippen LogP contribution in [0.5, 0.6) is 0 Å². The molecule has 0 aromatic carbocycles. The van der Waals surface area contributed by atoms with Crippen LogP contribution in [0, 0.1) is 14.9 Å². The minimum Gasteiger partial charge on any atom is -0.358 e. The maximum atomic E-state index is 2.35. The Morgan fingerprint density at radius 1 is 0.778 bits per heavy atom. The Balaban J connectivity index is -0.000000180. The van der Waals surface area contributed by atoms with E-state index >= 15 is 0 Å². The maximum absolute atomic E-state index is 2.35. The van der Waals surface area contributed by atoms with Gasteiger partial charge in [0.15, 0.2) is 0 Å². The molecule has 0 N–H and O–H groups in total. The second-order valence-electron chi connectivity index (χ2n) is 1.39. The first-order valence-electron chi connectivity index (χ1n) is 1.89. The van der Waals surface area contributed by atoms with Gasteiger partial charge in [0.2, 0.25) is 0 Å². The molecule has 0 saturated carbocycles. The number of rotatable bonds is 0. The molecular formula is C6H18PtS2-2.